The SMILES string of the molecule is C[C@@]12COC(=O)CCCCCCCCCCCCCCCCCCC(=O)O[C@H]1C[C@H](n1cnc3c(N)nc(F)nc31)O2. The van der Waals surface area contributed by atoms with Crippen LogP contribution in [0.2, 0.25) is 0 Å². The van der Waals surface area contributed by atoms with Crippen LogP contribution >= 0.6 is 0 Å². The van der Waals surface area contributed by atoms with E-state index in [1.54, 1.807) is 11.5 Å². The van der Waals surface area contributed by atoms with Crippen molar-refractivity contribution >= 4 is 28.9 Å². The van der Waals surface area contributed by atoms with Crippen LogP contribution in [0.4, 0.5) is 10.2 Å². The van der Waals surface area contributed by atoms with Gasteiger partial charge >= 0.3 is 18.0 Å². The maximum Gasteiger partial charge on any atom is 0.312 e. The summed E-state index contributed by atoms with van der Waals surface area (Å²) in [5.41, 5.74) is 5.17. The summed E-state index contributed by atoms with van der Waals surface area (Å²) in [4.78, 5) is 37.1. The molecule has 3 atom stereocenters. The van der Waals surface area contributed by atoms with Crippen molar-refractivity contribution in [2.45, 2.75) is 147 Å². The van der Waals surface area contributed by atoms with Gasteiger partial charge < -0.3 is 19.9 Å². The van der Waals surface area contributed by atoms with Crippen LogP contribution in [0.1, 0.15) is 135 Å². The number of nitrogens with two attached hydrogens (primary N) is 1. The summed E-state index contributed by atoms with van der Waals surface area (Å²) in [5, 5.41) is 0. The summed E-state index contributed by atoms with van der Waals surface area (Å²) in [7, 11) is 0. The van der Waals surface area contributed by atoms with Crippen LogP contribution in [-0.2, 0) is 23.8 Å². The van der Waals surface area contributed by atoms with E-state index >= 15 is 0 Å². The number of cyclic esters (lactones) is 1. The van der Waals surface area contributed by atoms with Gasteiger partial charge in [0.25, 0.3) is 0 Å². The Balaban J connectivity index is 1.40. The van der Waals surface area contributed by atoms with Gasteiger partial charge in [0.15, 0.2) is 17.0 Å². The summed E-state index contributed by atoms with van der Waals surface area (Å²) in [5.74, 6) is -0.674. The summed E-state index contributed by atoms with van der Waals surface area (Å²) in [6.07, 6.45) is 18.6. The molecule has 10 nitrogen and oxygen atoms in total. The minimum Gasteiger partial charge on any atom is -0.462 e. The Kier molecular flexibility index (Phi) is 12.3. The van der Waals surface area contributed by atoms with Gasteiger partial charge in [-0.25, -0.2) is 4.98 Å². The molecule has 2 N–H and O–H groups in total. The second kappa shape index (κ2) is 16.1. The first-order valence-electron chi connectivity index (χ1n) is 16.0. The lowest BCUT2D eigenvalue weighted by atomic mass is 10.00. The minimum atomic E-state index is -1.10. The standard InChI is InChI=1S/C31H48FN5O5/c1-31-21-40-25(38)18-16-14-12-10-8-6-4-2-3-5-7-9-11-13-15-17-19-26(39)41-23(31)20-24(42-31)37-22-34-27-28(33)35-30(32)36-29(27)37/h22-24H,2-21H2,1H3,(H2,33,35,36)/t23-,24+,31+/m0/s1. The topological polar surface area (TPSA) is 131 Å². The number of halogens is 1. The van der Waals surface area contributed by atoms with Crippen molar-refractivity contribution in [2.75, 3.05) is 12.3 Å². The van der Waals surface area contributed by atoms with E-state index in [9.17, 15) is 14.0 Å². The van der Waals surface area contributed by atoms with Crippen molar-refractivity contribution in [1.29, 1.82) is 0 Å². The van der Waals surface area contributed by atoms with Crippen LogP contribution in [0.15, 0.2) is 6.33 Å². The van der Waals surface area contributed by atoms with Crippen molar-refractivity contribution in [2.24, 2.45) is 0 Å². The van der Waals surface area contributed by atoms with Gasteiger partial charge in [-0.15, -0.1) is 0 Å². The van der Waals surface area contributed by atoms with Gasteiger partial charge in [0, 0.05) is 19.3 Å². The molecule has 0 bridgehead atoms. The number of carbonyl (C=O) groups excluding carboxylic acids is 2. The molecule has 0 saturated carbocycles. The van der Waals surface area contributed by atoms with Crippen LogP contribution in [-0.4, -0.2) is 49.8 Å². The highest BCUT2D eigenvalue weighted by molar-refractivity contribution is 5.81. The van der Waals surface area contributed by atoms with Crippen molar-refractivity contribution < 1.29 is 28.2 Å². The number of ether oxygens (including phenoxy) is 3. The Morgan fingerprint density at radius 3 is 1.93 bits per heavy atom. The molecule has 2 fully saturated rings. The smallest absolute Gasteiger partial charge is 0.312 e. The van der Waals surface area contributed by atoms with E-state index in [-0.39, 0.29) is 41.9 Å². The number of anilines is 1. The lowest BCUT2D eigenvalue weighted by Crippen LogP contribution is -2.44. The normalized spacial score (nSPS) is 27.4. The van der Waals surface area contributed by atoms with Crippen LogP contribution < -0.4 is 5.73 Å². The summed E-state index contributed by atoms with van der Waals surface area (Å²) >= 11 is 0. The monoisotopic (exact) mass is 589 g/mol. The molecule has 2 aliphatic heterocycles. The van der Waals surface area contributed by atoms with E-state index < -0.39 is 24.0 Å². The third-order valence-electron chi connectivity index (χ3n) is 8.54. The maximum absolute atomic E-state index is 14.0. The number of hydrogen-bond acceptors (Lipinski definition) is 9. The first-order valence-corrected chi connectivity index (χ1v) is 16.0. The third-order valence-corrected chi connectivity index (χ3v) is 8.54. The van der Waals surface area contributed by atoms with Crippen LogP contribution in [0, 0.1) is 6.08 Å². The first kappa shape index (κ1) is 32.1. The van der Waals surface area contributed by atoms with Crippen LogP contribution in [0.5, 0.6) is 0 Å². The van der Waals surface area contributed by atoms with Crippen molar-refractivity contribution in [1.82, 2.24) is 19.5 Å². The van der Waals surface area contributed by atoms with Gasteiger partial charge in [-0.3, -0.25) is 14.2 Å². The number of nitrogens with zero attached hydrogens (tertiary/aromatic N) is 4. The van der Waals surface area contributed by atoms with E-state index in [0.29, 0.717) is 12.8 Å². The fourth-order valence-electron chi connectivity index (χ4n) is 5.99. The Hall–Kier alpha value is -2.82. The van der Waals surface area contributed by atoms with Gasteiger partial charge in [-0.2, -0.15) is 14.4 Å². The van der Waals surface area contributed by atoms with Gasteiger partial charge in [-0.05, 0) is 19.8 Å². The Morgan fingerprint density at radius 1 is 0.833 bits per heavy atom. The number of esters is 2. The molecule has 0 aromatic carbocycles. The van der Waals surface area contributed by atoms with Gasteiger partial charge in [0.2, 0.25) is 0 Å². The number of imidazole rings is 1. The highest BCUT2D eigenvalue weighted by Crippen LogP contribution is 2.40. The molecule has 0 amide bonds. The number of rotatable bonds is 1. The van der Waals surface area contributed by atoms with E-state index in [4.69, 9.17) is 19.9 Å². The molecule has 2 aromatic heterocycles. The van der Waals surface area contributed by atoms with E-state index in [1.165, 1.54) is 70.5 Å². The predicted molar refractivity (Wildman–Crippen MR) is 157 cm³/mol. The summed E-state index contributed by atoms with van der Waals surface area (Å²) < 4.78 is 33.5. The molecule has 11 heteroatoms. The summed E-state index contributed by atoms with van der Waals surface area (Å²) in [6.45, 7) is 1.70. The Labute approximate surface area is 248 Å². The number of hydrogen-bond donors (Lipinski definition) is 1. The molecule has 0 spiro atoms. The quantitative estimate of drug-likeness (QED) is 0.284. The van der Waals surface area contributed by atoms with Gasteiger partial charge in [0.1, 0.15) is 24.5 Å². The lowest BCUT2D eigenvalue weighted by molar-refractivity contribution is -0.174. The Bertz CT molecular complexity index is 1160. The largest absolute Gasteiger partial charge is 0.462 e. The van der Waals surface area contributed by atoms with Crippen LogP contribution in [0.25, 0.3) is 11.2 Å². The molecule has 234 valence electrons. The zero-order valence-corrected chi connectivity index (χ0v) is 25.2. The zero-order valence-electron chi connectivity index (χ0n) is 25.2. The number of carbonyl (C=O) groups is 2. The molecule has 2 aliphatic rings. The van der Waals surface area contributed by atoms with Crippen molar-refractivity contribution in [3.8, 4) is 0 Å². The maximum atomic E-state index is 14.0. The first-order chi connectivity index (χ1) is 20.4. The third kappa shape index (κ3) is 9.34. The molecular weight excluding hydrogens is 541 g/mol. The molecule has 2 aromatic rings. The molecule has 4 rings (SSSR count). The average molecular weight is 590 g/mol. The second-order valence-electron chi connectivity index (χ2n) is 12.1. The number of aromatic nitrogens is 4. The Morgan fingerprint density at radius 2 is 1.36 bits per heavy atom. The molecule has 42 heavy (non-hydrogen) atoms. The van der Waals surface area contributed by atoms with Crippen LogP contribution in [0.3, 0.4) is 0 Å². The molecule has 4 heterocycles. The number of fused-ring (bicyclic) bond motifs is 2. The number of nitrogen functional groups attached to an aromatic ring is 1. The zero-order chi connectivity index (χ0) is 29.8. The predicted octanol–water partition coefficient (Wildman–Crippen LogP) is 6.72. The molecular formula is C31H48FN5O5. The highest BCUT2D eigenvalue weighted by Gasteiger charge is 2.50. The summed E-state index contributed by atoms with van der Waals surface area (Å²) in [6, 6.07) is 0. The second-order valence-corrected chi connectivity index (χ2v) is 12.1. The van der Waals surface area contributed by atoms with Gasteiger partial charge in [0.05, 0.1) is 6.33 Å². The lowest BCUT2D eigenvalue weighted by Gasteiger charge is -2.29. The van der Waals surface area contributed by atoms with E-state index in [2.05, 4.69) is 15.0 Å². The molecule has 0 radical (unpaired) electrons. The fourth-order valence-corrected chi connectivity index (χ4v) is 5.99. The van der Waals surface area contributed by atoms with E-state index in [1.807, 2.05) is 0 Å². The molecule has 0 unspecified atom stereocenters. The highest BCUT2D eigenvalue weighted by atomic mass is 19.1. The minimum absolute atomic E-state index is 0.0710. The van der Waals surface area contributed by atoms with Crippen molar-refractivity contribution in [3.05, 3.63) is 12.4 Å². The molecule has 2 saturated heterocycles. The van der Waals surface area contributed by atoms with E-state index in [0.717, 1.165) is 38.5 Å². The van der Waals surface area contributed by atoms with Crippen molar-refractivity contribution in [3.63, 3.8) is 0 Å². The molecule has 0 aliphatic carbocycles. The van der Waals surface area contributed by atoms with Gasteiger partial charge in [-0.1, -0.05) is 89.9 Å². The fraction of sp³-hybridized carbons (Fsp3) is 0.774. The average Bonchev–Trinajstić information content (AvgIpc) is 3.52.